The first-order valence-electron chi connectivity index (χ1n) is 6.34. The van der Waals surface area contributed by atoms with Crippen molar-refractivity contribution in [1.29, 1.82) is 0 Å². The molecule has 0 atom stereocenters. The average Bonchev–Trinajstić information content (AvgIpc) is 2.82. The van der Waals surface area contributed by atoms with E-state index in [0.717, 1.165) is 0 Å². The number of aromatic nitrogens is 4. The van der Waals surface area contributed by atoms with Crippen LogP contribution in [0, 0.1) is 0 Å². The minimum absolute atomic E-state index is 0.0414. The maximum Gasteiger partial charge on any atom is 0.281 e. The van der Waals surface area contributed by atoms with Crippen LogP contribution < -0.4 is 10.9 Å². The Morgan fingerprint density at radius 2 is 2.19 bits per heavy atom. The van der Waals surface area contributed by atoms with Crippen LogP contribution in [-0.2, 0) is 0 Å². The molecule has 7 nitrogen and oxygen atoms in total. The summed E-state index contributed by atoms with van der Waals surface area (Å²) >= 11 is 5.89. The third-order valence-electron chi connectivity index (χ3n) is 2.96. The second-order valence-electron chi connectivity index (χ2n) is 4.93. The second-order valence-corrected chi connectivity index (χ2v) is 5.36. The predicted molar refractivity (Wildman–Crippen MR) is 78.7 cm³/mol. The van der Waals surface area contributed by atoms with E-state index in [2.05, 4.69) is 20.6 Å². The Hall–Kier alpha value is -2.41. The van der Waals surface area contributed by atoms with Crippen molar-refractivity contribution < 1.29 is 4.79 Å². The largest absolute Gasteiger partial charge is 0.348 e. The lowest BCUT2D eigenvalue weighted by molar-refractivity contribution is 0.0939. The highest BCUT2D eigenvalue weighted by Crippen LogP contribution is 2.17. The lowest BCUT2D eigenvalue weighted by atomic mass is 10.2. The van der Waals surface area contributed by atoms with E-state index >= 15 is 0 Å². The monoisotopic (exact) mass is 305 g/mol. The summed E-state index contributed by atoms with van der Waals surface area (Å²) in [4.78, 5) is 28.1. The van der Waals surface area contributed by atoms with E-state index in [4.69, 9.17) is 11.6 Å². The van der Waals surface area contributed by atoms with E-state index < -0.39 is 5.56 Å². The van der Waals surface area contributed by atoms with Crippen molar-refractivity contribution in [3.05, 3.63) is 39.3 Å². The predicted octanol–water partition coefficient (Wildman–Crippen LogP) is 1.36. The van der Waals surface area contributed by atoms with Crippen LogP contribution in [0.1, 0.15) is 24.3 Å². The molecule has 2 heterocycles. The second kappa shape index (κ2) is 4.85. The van der Waals surface area contributed by atoms with Crippen LogP contribution in [0.3, 0.4) is 0 Å². The standard InChI is InChI=1S/C13H12ClN5O2/c1-6(2)15-13(21)10-11-16-12(20)8-5-7(14)3-4-9(8)19(11)18-17-10/h3-6,18H,1-2H3,(H,15,21). The fraction of sp³-hybridized carbons (Fsp3) is 0.231. The molecule has 0 saturated carbocycles. The van der Waals surface area contributed by atoms with Gasteiger partial charge in [0.15, 0.2) is 11.3 Å². The Labute approximate surface area is 123 Å². The van der Waals surface area contributed by atoms with Crippen LogP contribution in [0.4, 0.5) is 0 Å². The zero-order valence-electron chi connectivity index (χ0n) is 11.3. The molecular formula is C13H12ClN5O2. The molecule has 0 bridgehead atoms. The molecule has 108 valence electrons. The van der Waals surface area contributed by atoms with Gasteiger partial charge in [-0.25, -0.2) is 9.73 Å². The molecule has 2 N–H and O–H groups in total. The van der Waals surface area contributed by atoms with Gasteiger partial charge in [0, 0.05) is 11.1 Å². The summed E-state index contributed by atoms with van der Waals surface area (Å²) in [6.07, 6.45) is 0. The normalized spacial score (nSPS) is 11.4. The number of hydrogen-bond acceptors (Lipinski definition) is 4. The van der Waals surface area contributed by atoms with Crippen molar-refractivity contribution in [3.63, 3.8) is 0 Å². The maximum atomic E-state index is 12.1. The fourth-order valence-electron chi connectivity index (χ4n) is 2.09. The summed E-state index contributed by atoms with van der Waals surface area (Å²) in [5.41, 5.74) is 0.378. The van der Waals surface area contributed by atoms with Gasteiger partial charge < -0.3 is 5.32 Å². The Balaban J connectivity index is 2.28. The van der Waals surface area contributed by atoms with Crippen LogP contribution in [0.5, 0.6) is 0 Å². The molecule has 8 heteroatoms. The molecule has 2 aromatic heterocycles. The van der Waals surface area contributed by atoms with Crippen molar-refractivity contribution in [1.82, 2.24) is 25.1 Å². The van der Waals surface area contributed by atoms with Gasteiger partial charge >= 0.3 is 0 Å². The highest BCUT2D eigenvalue weighted by Gasteiger charge is 2.18. The van der Waals surface area contributed by atoms with Crippen molar-refractivity contribution in [2.75, 3.05) is 0 Å². The maximum absolute atomic E-state index is 12.1. The highest BCUT2D eigenvalue weighted by molar-refractivity contribution is 6.31. The Morgan fingerprint density at radius 1 is 1.43 bits per heavy atom. The van der Waals surface area contributed by atoms with Crippen LogP contribution >= 0.6 is 11.6 Å². The van der Waals surface area contributed by atoms with Gasteiger partial charge in [0.1, 0.15) is 0 Å². The van der Waals surface area contributed by atoms with Crippen LogP contribution in [0.2, 0.25) is 5.02 Å². The summed E-state index contributed by atoms with van der Waals surface area (Å²) in [7, 11) is 0. The summed E-state index contributed by atoms with van der Waals surface area (Å²) in [6.45, 7) is 3.67. The molecule has 3 aromatic rings. The molecular weight excluding hydrogens is 294 g/mol. The molecule has 0 aliphatic rings. The van der Waals surface area contributed by atoms with Crippen molar-refractivity contribution in [3.8, 4) is 0 Å². The number of amides is 1. The summed E-state index contributed by atoms with van der Waals surface area (Å²) in [5.74, 6) is -0.385. The minimum Gasteiger partial charge on any atom is -0.348 e. The molecule has 3 rings (SSSR count). The molecule has 0 fully saturated rings. The smallest absolute Gasteiger partial charge is 0.281 e. The van der Waals surface area contributed by atoms with Crippen molar-refractivity contribution >= 4 is 34.1 Å². The number of nitrogens with one attached hydrogen (secondary N) is 2. The summed E-state index contributed by atoms with van der Waals surface area (Å²) < 4.78 is 1.49. The third kappa shape index (κ3) is 2.25. The van der Waals surface area contributed by atoms with Gasteiger partial charge in [0.25, 0.3) is 11.5 Å². The first-order chi connectivity index (χ1) is 9.97. The molecule has 0 saturated heterocycles. The number of H-pyrrole nitrogens is 1. The van der Waals surface area contributed by atoms with E-state index in [9.17, 15) is 9.59 Å². The zero-order chi connectivity index (χ0) is 15.1. The number of rotatable bonds is 2. The quantitative estimate of drug-likeness (QED) is 0.748. The molecule has 21 heavy (non-hydrogen) atoms. The van der Waals surface area contributed by atoms with Gasteiger partial charge in [-0.05, 0) is 32.0 Å². The van der Waals surface area contributed by atoms with Crippen LogP contribution in [0.15, 0.2) is 23.0 Å². The van der Waals surface area contributed by atoms with E-state index in [1.165, 1.54) is 10.6 Å². The van der Waals surface area contributed by atoms with E-state index in [1.54, 1.807) is 12.1 Å². The lowest BCUT2D eigenvalue weighted by Gasteiger charge is -2.05. The molecule has 0 aliphatic heterocycles. The van der Waals surface area contributed by atoms with Crippen molar-refractivity contribution in [2.24, 2.45) is 0 Å². The number of benzene rings is 1. The van der Waals surface area contributed by atoms with Crippen LogP contribution in [-0.4, -0.2) is 31.8 Å². The van der Waals surface area contributed by atoms with Gasteiger partial charge in [-0.15, -0.1) is 5.10 Å². The van der Waals surface area contributed by atoms with Gasteiger partial charge in [-0.1, -0.05) is 11.6 Å². The number of fused-ring (bicyclic) bond motifs is 3. The SMILES string of the molecule is CC(C)NC(=O)c1n[nH]n2c1nc(=O)c1cc(Cl)ccc12. The Kier molecular flexibility index (Phi) is 3.13. The first-order valence-corrected chi connectivity index (χ1v) is 6.72. The number of nitrogens with zero attached hydrogens (tertiary/aromatic N) is 3. The molecule has 1 amide bonds. The Morgan fingerprint density at radius 3 is 2.90 bits per heavy atom. The number of carbonyl (C=O) groups is 1. The molecule has 0 unspecified atom stereocenters. The first kappa shape index (κ1) is 13.6. The highest BCUT2D eigenvalue weighted by atomic mass is 35.5. The number of halogens is 1. The lowest BCUT2D eigenvalue weighted by Crippen LogP contribution is -2.30. The summed E-state index contributed by atoms with van der Waals surface area (Å²) in [5, 5.41) is 10.2. The van der Waals surface area contributed by atoms with E-state index in [1.807, 2.05) is 13.8 Å². The number of carbonyl (C=O) groups excluding carboxylic acids is 1. The zero-order valence-corrected chi connectivity index (χ0v) is 12.1. The molecule has 1 aromatic carbocycles. The average molecular weight is 306 g/mol. The van der Waals surface area contributed by atoms with E-state index in [-0.39, 0.29) is 23.3 Å². The van der Waals surface area contributed by atoms with Gasteiger partial charge in [0.2, 0.25) is 0 Å². The third-order valence-corrected chi connectivity index (χ3v) is 3.19. The van der Waals surface area contributed by atoms with Crippen molar-refractivity contribution in [2.45, 2.75) is 19.9 Å². The van der Waals surface area contributed by atoms with Gasteiger partial charge in [-0.2, -0.15) is 4.98 Å². The topological polar surface area (TPSA) is 92.2 Å². The molecule has 0 spiro atoms. The van der Waals surface area contributed by atoms with E-state index in [0.29, 0.717) is 15.9 Å². The number of hydrogen-bond donors (Lipinski definition) is 2. The van der Waals surface area contributed by atoms with Gasteiger partial charge in [-0.3, -0.25) is 9.59 Å². The minimum atomic E-state index is -0.451. The summed E-state index contributed by atoms with van der Waals surface area (Å²) in [6, 6.07) is 4.83. The van der Waals surface area contributed by atoms with Crippen LogP contribution in [0.25, 0.3) is 16.6 Å². The van der Waals surface area contributed by atoms with Gasteiger partial charge in [0.05, 0.1) is 10.9 Å². The Bertz CT molecular complexity index is 912. The fourth-order valence-corrected chi connectivity index (χ4v) is 2.26. The molecule has 0 aliphatic carbocycles. The number of aromatic amines is 1. The molecule has 0 radical (unpaired) electrons.